The van der Waals surface area contributed by atoms with Gasteiger partial charge in [-0.2, -0.15) is 0 Å². The van der Waals surface area contributed by atoms with E-state index in [1.807, 2.05) is 0 Å². The number of carbonyl (C=O) groups excluding carboxylic acids is 2. The highest BCUT2D eigenvalue weighted by Crippen LogP contribution is 2.29. The van der Waals surface area contributed by atoms with E-state index in [0.717, 1.165) is 6.54 Å². The van der Waals surface area contributed by atoms with E-state index < -0.39 is 11.7 Å². The molecule has 1 aromatic carbocycles. The molecular formula is C24H30ClFN4O3. The summed E-state index contributed by atoms with van der Waals surface area (Å²) in [6, 6.07) is 5.81. The van der Waals surface area contributed by atoms with Crippen LogP contribution in [0.4, 0.5) is 4.39 Å². The number of piperidine rings is 1. The molecule has 2 fully saturated rings. The minimum absolute atomic E-state index is 0.00452. The van der Waals surface area contributed by atoms with E-state index in [1.165, 1.54) is 50.3 Å². The summed E-state index contributed by atoms with van der Waals surface area (Å²) in [5.74, 6) is -1.18. The van der Waals surface area contributed by atoms with E-state index in [2.05, 4.69) is 15.4 Å². The first-order chi connectivity index (χ1) is 15.8. The molecule has 2 atom stereocenters. The molecule has 1 aliphatic carbocycles. The fourth-order valence-corrected chi connectivity index (χ4v) is 5.11. The van der Waals surface area contributed by atoms with Gasteiger partial charge in [-0.15, -0.1) is 0 Å². The van der Waals surface area contributed by atoms with Crippen LogP contribution < -0.4 is 5.32 Å². The standard InChI is InChI=1S/C24H30ClFN4O3/c1-29(2)24(32)18-14-30(16-6-4-3-5-7-16)11-10-20(18)27-23(31)21-13-22(33-28-21)17-9-8-15(25)12-19(17)26/h8-9,12-13,16,18,20H,3-7,10-11,14H2,1-2H3,(H,27,31)/t18-,20-/m1/s1. The number of aromatic nitrogens is 1. The Balaban J connectivity index is 1.47. The molecule has 33 heavy (non-hydrogen) atoms. The number of likely N-dealkylation sites (tertiary alicyclic amines) is 1. The largest absolute Gasteiger partial charge is 0.355 e. The highest BCUT2D eigenvalue weighted by Gasteiger charge is 2.38. The van der Waals surface area contributed by atoms with Gasteiger partial charge in [-0.05, 0) is 37.5 Å². The van der Waals surface area contributed by atoms with Crippen molar-refractivity contribution in [2.45, 2.75) is 50.6 Å². The van der Waals surface area contributed by atoms with Gasteiger partial charge < -0.3 is 14.7 Å². The first-order valence-electron chi connectivity index (χ1n) is 11.5. The summed E-state index contributed by atoms with van der Waals surface area (Å²) < 4.78 is 19.4. The third-order valence-corrected chi connectivity index (χ3v) is 6.98. The maximum atomic E-state index is 14.2. The van der Waals surface area contributed by atoms with Crippen LogP contribution in [-0.2, 0) is 4.79 Å². The van der Waals surface area contributed by atoms with Crippen LogP contribution in [0.25, 0.3) is 11.3 Å². The van der Waals surface area contributed by atoms with E-state index in [-0.39, 0.29) is 39.9 Å². The van der Waals surface area contributed by atoms with Gasteiger partial charge in [-0.3, -0.25) is 14.5 Å². The topological polar surface area (TPSA) is 78.7 Å². The lowest BCUT2D eigenvalue weighted by molar-refractivity contribution is -0.136. The van der Waals surface area contributed by atoms with Crippen molar-refractivity contribution in [1.82, 2.24) is 20.3 Å². The second kappa shape index (κ2) is 10.2. The molecule has 2 heterocycles. The van der Waals surface area contributed by atoms with Crippen molar-refractivity contribution in [1.29, 1.82) is 0 Å². The zero-order chi connectivity index (χ0) is 23.5. The number of benzene rings is 1. The molecule has 178 valence electrons. The Kier molecular flexibility index (Phi) is 7.34. The second-order valence-electron chi connectivity index (χ2n) is 9.20. The average Bonchev–Trinajstić information content (AvgIpc) is 3.29. The summed E-state index contributed by atoms with van der Waals surface area (Å²) in [5.41, 5.74) is 0.220. The Bertz CT molecular complexity index is 1010. The lowest BCUT2D eigenvalue weighted by Crippen LogP contribution is -2.57. The quantitative estimate of drug-likeness (QED) is 0.706. The molecule has 1 saturated heterocycles. The number of hydrogen-bond acceptors (Lipinski definition) is 5. The van der Waals surface area contributed by atoms with Crippen molar-refractivity contribution >= 4 is 23.4 Å². The first kappa shape index (κ1) is 23.7. The summed E-state index contributed by atoms with van der Waals surface area (Å²) in [5, 5.41) is 7.07. The number of hydrogen-bond donors (Lipinski definition) is 1. The molecule has 2 amide bonds. The van der Waals surface area contributed by atoms with Gasteiger partial charge in [0.15, 0.2) is 11.5 Å². The Hall–Kier alpha value is -2.45. The van der Waals surface area contributed by atoms with Gasteiger partial charge in [0, 0.05) is 50.4 Å². The van der Waals surface area contributed by atoms with Crippen molar-refractivity contribution < 1.29 is 18.5 Å². The second-order valence-corrected chi connectivity index (χ2v) is 9.63. The highest BCUT2D eigenvalue weighted by atomic mass is 35.5. The Morgan fingerprint density at radius 1 is 1.18 bits per heavy atom. The van der Waals surface area contributed by atoms with Crippen LogP contribution in [-0.4, -0.2) is 66.0 Å². The first-order valence-corrected chi connectivity index (χ1v) is 11.9. The van der Waals surface area contributed by atoms with Crippen LogP contribution in [0.2, 0.25) is 5.02 Å². The number of nitrogens with zero attached hydrogens (tertiary/aromatic N) is 3. The third-order valence-electron chi connectivity index (χ3n) is 6.75. The summed E-state index contributed by atoms with van der Waals surface area (Å²) >= 11 is 5.80. The zero-order valence-electron chi connectivity index (χ0n) is 19.0. The number of carbonyl (C=O) groups is 2. The van der Waals surface area contributed by atoms with Crippen molar-refractivity contribution in [2.24, 2.45) is 5.92 Å². The third kappa shape index (κ3) is 5.38. The summed E-state index contributed by atoms with van der Waals surface area (Å²) in [4.78, 5) is 29.9. The molecular weight excluding hydrogens is 447 g/mol. The maximum absolute atomic E-state index is 14.2. The predicted molar refractivity (Wildman–Crippen MR) is 123 cm³/mol. The molecule has 0 radical (unpaired) electrons. The van der Waals surface area contributed by atoms with Gasteiger partial charge in [-0.25, -0.2) is 4.39 Å². The molecule has 4 rings (SSSR count). The van der Waals surface area contributed by atoms with Gasteiger partial charge in [0.2, 0.25) is 5.91 Å². The van der Waals surface area contributed by atoms with Crippen molar-refractivity contribution in [2.75, 3.05) is 27.2 Å². The molecule has 7 nitrogen and oxygen atoms in total. The number of nitrogens with one attached hydrogen (secondary N) is 1. The Morgan fingerprint density at radius 2 is 1.94 bits per heavy atom. The highest BCUT2D eigenvalue weighted by molar-refractivity contribution is 6.30. The molecule has 9 heteroatoms. The lowest BCUT2D eigenvalue weighted by Gasteiger charge is -2.43. The van der Waals surface area contributed by atoms with E-state index in [0.29, 0.717) is 19.0 Å². The average molecular weight is 477 g/mol. The van der Waals surface area contributed by atoms with Gasteiger partial charge in [0.25, 0.3) is 5.91 Å². The SMILES string of the molecule is CN(C)C(=O)[C@@H]1CN(C2CCCCC2)CC[C@H]1NC(=O)c1cc(-c2ccc(Cl)cc2F)on1. The summed E-state index contributed by atoms with van der Waals surface area (Å²) in [7, 11) is 3.48. The van der Waals surface area contributed by atoms with Crippen LogP contribution in [0.15, 0.2) is 28.8 Å². The van der Waals surface area contributed by atoms with Crippen LogP contribution in [0.3, 0.4) is 0 Å². The monoisotopic (exact) mass is 476 g/mol. The smallest absolute Gasteiger partial charge is 0.273 e. The fourth-order valence-electron chi connectivity index (χ4n) is 4.95. The molecule has 2 aliphatic rings. The minimum Gasteiger partial charge on any atom is -0.355 e. The van der Waals surface area contributed by atoms with E-state index in [9.17, 15) is 14.0 Å². The van der Waals surface area contributed by atoms with Crippen molar-refractivity contribution in [3.63, 3.8) is 0 Å². The zero-order valence-corrected chi connectivity index (χ0v) is 19.8. The maximum Gasteiger partial charge on any atom is 0.273 e. The van der Waals surface area contributed by atoms with Crippen LogP contribution in [0.1, 0.15) is 49.0 Å². The minimum atomic E-state index is -0.558. The molecule has 2 aromatic rings. The predicted octanol–water partition coefficient (Wildman–Crippen LogP) is 3.98. The molecule has 1 N–H and O–H groups in total. The van der Waals surface area contributed by atoms with E-state index in [1.54, 1.807) is 25.1 Å². The van der Waals surface area contributed by atoms with E-state index >= 15 is 0 Å². The fraction of sp³-hybridized carbons (Fsp3) is 0.542. The summed E-state index contributed by atoms with van der Waals surface area (Å²) in [6.45, 7) is 1.47. The van der Waals surface area contributed by atoms with Crippen LogP contribution >= 0.6 is 11.6 Å². The van der Waals surface area contributed by atoms with Crippen LogP contribution in [0, 0.1) is 11.7 Å². The Labute approximate surface area is 198 Å². The molecule has 1 saturated carbocycles. The van der Waals surface area contributed by atoms with Gasteiger partial charge in [0.1, 0.15) is 5.82 Å². The number of rotatable bonds is 5. The normalized spacial score (nSPS) is 22.2. The Morgan fingerprint density at radius 3 is 2.64 bits per heavy atom. The van der Waals surface area contributed by atoms with Gasteiger partial charge >= 0.3 is 0 Å². The van der Waals surface area contributed by atoms with Gasteiger partial charge in [-0.1, -0.05) is 36.0 Å². The lowest BCUT2D eigenvalue weighted by atomic mass is 9.86. The van der Waals surface area contributed by atoms with Gasteiger partial charge in [0.05, 0.1) is 11.5 Å². The molecule has 0 bridgehead atoms. The molecule has 0 unspecified atom stereocenters. The van der Waals surface area contributed by atoms with Crippen molar-refractivity contribution in [3.8, 4) is 11.3 Å². The number of amides is 2. The number of halogens is 2. The van der Waals surface area contributed by atoms with Crippen LogP contribution in [0.5, 0.6) is 0 Å². The molecule has 0 spiro atoms. The summed E-state index contributed by atoms with van der Waals surface area (Å²) in [6.07, 6.45) is 6.77. The molecule has 1 aromatic heterocycles. The molecule has 1 aliphatic heterocycles. The van der Waals surface area contributed by atoms with E-state index in [4.69, 9.17) is 16.1 Å². The van der Waals surface area contributed by atoms with Crippen molar-refractivity contribution in [3.05, 3.63) is 40.8 Å².